The topological polar surface area (TPSA) is 78.5 Å². The van der Waals surface area contributed by atoms with Crippen molar-refractivity contribution in [2.45, 2.75) is 25.4 Å². The maximum atomic E-state index is 13.7. The number of carbonyl (C=O) groups excluding carboxylic acids is 3. The highest BCUT2D eigenvalue weighted by Gasteiger charge is 2.71. The van der Waals surface area contributed by atoms with Gasteiger partial charge in [-0.2, -0.15) is 0 Å². The summed E-state index contributed by atoms with van der Waals surface area (Å²) in [4.78, 5) is 41.8. The number of benzene rings is 2. The van der Waals surface area contributed by atoms with Crippen molar-refractivity contribution in [1.29, 1.82) is 0 Å². The number of imide groups is 1. The van der Waals surface area contributed by atoms with E-state index >= 15 is 0 Å². The van der Waals surface area contributed by atoms with Gasteiger partial charge in [0, 0.05) is 21.8 Å². The van der Waals surface area contributed by atoms with Gasteiger partial charge in [-0.15, -0.1) is 0 Å². The predicted octanol–water partition coefficient (Wildman–Crippen LogP) is 3.03. The summed E-state index contributed by atoms with van der Waals surface area (Å²) in [5, 5.41) is 6.34. The maximum absolute atomic E-state index is 13.7. The van der Waals surface area contributed by atoms with Crippen LogP contribution in [0.5, 0.6) is 0 Å². The smallest absolute Gasteiger partial charge is 0.250 e. The fourth-order valence-corrected chi connectivity index (χ4v) is 5.60. The minimum atomic E-state index is -1.24. The molecule has 0 radical (unpaired) electrons. The summed E-state index contributed by atoms with van der Waals surface area (Å²) in [5.74, 6) is -2.20. The Kier molecular flexibility index (Phi) is 3.98. The van der Waals surface area contributed by atoms with Crippen LogP contribution < -0.4 is 15.5 Å². The second-order valence-electron chi connectivity index (χ2n) is 8.19. The fourth-order valence-electron chi connectivity index (χ4n) is 5.13. The van der Waals surface area contributed by atoms with Gasteiger partial charge in [0.1, 0.15) is 5.54 Å². The zero-order chi connectivity index (χ0) is 20.5. The molecule has 5 rings (SSSR count). The Morgan fingerprint density at radius 1 is 1.00 bits per heavy atom. The van der Waals surface area contributed by atoms with Gasteiger partial charge in [0.2, 0.25) is 17.7 Å². The molecule has 4 atom stereocenters. The van der Waals surface area contributed by atoms with Crippen LogP contribution in [-0.4, -0.2) is 23.8 Å². The number of hydrogen-bond acceptors (Lipinski definition) is 4. The van der Waals surface area contributed by atoms with Crippen LogP contribution in [0.25, 0.3) is 0 Å². The second kappa shape index (κ2) is 6.24. The molecule has 0 aliphatic carbocycles. The van der Waals surface area contributed by atoms with Crippen molar-refractivity contribution >= 4 is 45.0 Å². The number of anilines is 2. The van der Waals surface area contributed by atoms with Gasteiger partial charge in [0.05, 0.1) is 17.5 Å². The van der Waals surface area contributed by atoms with E-state index < -0.39 is 17.4 Å². The Hall–Kier alpha value is -2.51. The van der Waals surface area contributed by atoms with Crippen molar-refractivity contribution in [3.05, 3.63) is 58.6 Å². The molecule has 2 N–H and O–H groups in total. The number of amides is 3. The van der Waals surface area contributed by atoms with E-state index in [2.05, 4.69) is 26.6 Å². The third-order valence-electron chi connectivity index (χ3n) is 6.37. The number of para-hydroxylation sites is 2. The van der Waals surface area contributed by atoms with E-state index in [0.717, 1.165) is 5.56 Å². The van der Waals surface area contributed by atoms with Crippen molar-refractivity contribution in [3.63, 3.8) is 0 Å². The van der Waals surface area contributed by atoms with Crippen LogP contribution in [0.4, 0.5) is 11.4 Å². The number of halogens is 1. The number of nitrogens with zero attached hydrogens (tertiary/aromatic N) is 1. The van der Waals surface area contributed by atoms with Crippen molar-refractivity contribution < 1.29 is 14.4 Å². The van der Waals surface area contributed by atoms with E-state index in [-0.39, 0.29) is 29.7 Å². The first-order valence-corrected chi connectivity index (χ1v) is 10.5. The third-order valence-corrected chi connectivity index (χ3v) is 7.04. The Morgan fingerprint density at radius 3 is 2.41 bits per heavy atom. The van der Waals surface area contributed by atoms with E-state index in [1.165, 1.54) is 4.90 Å². The molecule has 3 amide bonds. The summed E-state index contributed by atoms with van der Waals surface area (Å²) in [6.45, 7) is 4.01. The number of rotatable bonds is 2. The van der Waals surface area contributed by atoms with E-state index in [1.807, 2.05) is 44.2 Å². The van der Waals surface area contributed by atoms with Crippen LogP contribution >= 0.6 is 15.9 Å². The lowest BCUT2D eigenvalue weighted by molar-refractivity contribution is -0.130. The molecule has 2 aromatic rings. The lowest BCUT2D eigenvalue weighted by Gasteiger charge is -2.30. The molecule has 0 unspecified atom stereocenters. The normalized spacial score (nSPS) is 30.3. The highest BCUT2D eigenvalue weighted by atomic mass is 79.9. The molecule has 6 nitrogen and oxygen atoms in total. The highest BCUT2D eigenvalue weighted by Crippen LogP contribution is 2.54. The number of carbonyl (C=O) groups is 3. The SMILES string of the molecule is CC(C)[C@@H]1N[C@]2(C(=O)Nc3ccccc32)[C@H]2C(=O)N(c3ccccc3Br)C(=O)[C@@H]12. The quantitative estimate of drug-likeness (QED) is 0.684. The van der Waals surface area contributed by atoms with E-state index in [1.54, 1.807) is 18.2 Å². The molecule has 7 heteroatoms. The predicted molar refractivity (Wildman–Crippen MR) is 112 cm³/mol. The Balaban J connectivity index is 1.71. The van der Waals surface area contributed by atoms with Gasteiger partial charge in [-0.3, -0.25) is 19.7 Å². The maximum Gasteiger partial charge on any atom is 0.250 e. The molecule has 3 aliphatic heterocycles. The Labute approximate surface area is 176 Å². The van der Waals surface area contributed by atoms with Crippen molar-refractivity contribution in [1.82, 2.24) is 5.32 Å². The van der Waals surface area contributed by atoms with Gasteiger partial charge >= 0.3 is 0 Å². The average Bonchev–Trinajstić information content (AvgIpc) is 3.28. The molecule has 148 valence electrons. The molecule has 3 heterocycles. The minimum Gasteiger partial charge on any atom is -0.324 e. The first kappa shape index (κ1) is 18.5. The summed E-state index contributed by atoms with van der Waals surface area (Å²) in [6.07, 6.45) is 0. The van der Waals surface area contributed by atoms with E-state index in [4.69, 9.17) is 0 Å². The largest absolute Gasteiger partial charge is 0.324 e. The van der Waals surface area contributed by atoms with Crippen LogP contribution in [0.15, 0.2) is 53.0 Å². The number of nitrogens with one attached hydrogen (secondary N) is 2. The van der Waals surface area contributed by atoms with Gasteiger partial charge in [-0.25, -0.2) is 4.90 Å². The first-order valence-electron chi connectivity index (χ1n) is 9.69. The van der Waals surface area contributed by atoms with Gasteiger partial charge in [0.25, 0.3) is 0 Å². The van der Waals surface area contributed by atoms with Crippen molar-refractivity contribution in [2.75, 3.05) is 10.2 Å². The first-order chi connectivity index (χ1) is 13.9. The second-order valence-corrected chi connectivity index (χ2v) is 9.04. The van der Waals surface area contributed by atoms with Gasteiger partial charge in [-0.1, -0.05) is 44.2 Å². The average molecular weight is 454 g/mol. The molecule has 0 bridgehead atoms. The van der Waals surface area contributed by atoms with Crippen molar-refractivity contribution in [2.24, 2.45) is 17.8 Å². The zero-order valence-corrected chi connectivity index (χ0v) is 17.6. The summed E-state index contributed by atoms with van der Waals surface area (Å²) in [6, 6.07) is 14.3. The fraction of sp³-hybridized carbons (Fsp3) is 0.318. The van der Waals surface area contributed by atoms with Gasteiger partial charge < -0.3 is 5.32 Å². The molecular formula is C22H20BrN3O3. The summed E-state index contributed by atoms with van der Waals surface area (Å²) >= 11 is 3.46. The van der Waals surface area contributed by atoms with Crippen LogP contribution in [0, 0.1) is 17.8 Å². The Morgan fingerprint density at radius 2 is 1.69 bits per heavy atom. The van der Waals surface area contributed by atoms with E-state index in [9.17, 15) is 14.4 Å². The summed E-state index contributed by atoms with van der Waals surface area (Å²) < 4.78 is 0.668. The van der Waals surface area contributed by atoms with Crippen molar-refractivity contribution in [3.8, 4) is 0 Å². The summed E-state index contributed by atoms with van der Waals surface area (Å²) in [5.41, 5.74) is 0.700. The minimum absolute atomic E-state index is 0.0679. The molecular weight excluding hydrogens is 434 g/mol. The highest BCUT2D eigenvalue weighted by molar-refractivity contribution is 9.10. The third kappa shape index (κ3) is 2.28. The van der Waals surface area contributed by atoms with Gasteiger partial charge in [-0.05, 0) is 40.0 Å². The number of fused-ring (bicyclic) bond motifs is 4. The molecule has 0 aromatic heterocycles. The lowest BCUT2D eigenvalue weighted by Crippen LogP contribution is -2.54. The molecule has 0 saturated carbocycles. The lowest BCUT2D eigenvalue weighted by atomic mass is 9.76. The molecule has 29 heavy (non-hydrogen) atoms. The molecule has 2 aromatic carbocycles. The van der Waals surface area contributed by atoms with E-state index in [0.29, 0.717) is 15.8 Å². The van der Waals surface area contributed by atoms with Crippen LogP contribution in [0.3, 0.4) is 0 Å². The Bertz CT molecular complexity index is 1070. The number of hydrogen-bond donors (Lipinski definition) is 2. The van der Waals surface area contributed by atoms with Crippen LogP contribution in [0.2, 0.25) is 0 Å². The molecule has 1 spiro atoms. The molecule has 3 aliphatic rings. The molecule has 2 fully saturated rings. The summed E-state index contributed by atoms with van der Waals surface area (Å²) in [7, 11) is 0. The monoisotopic (exact) mass is 453 g/mol. The van der Waals surface area contributed by atoms with Crippen LogP contribution in [-0.2, 0) is 19.9 Å². The van der Waals surface area contributed by atoms with Crippen LogP contribution in [0.1, 0.15) is 19.4 Å². The molecule has 2 saturated heterocycles. The zero-order valence-electron chi connectivity index (χ0n) is 16.0. The standard InChI is InChI=1S/C22H20BrN3O3/c1-11(2)18-16-17(20(28)26(19(16)27)15-10-6-4-8-13(15)23)22(25-18)12-7-3-5-9-14(12)24-21(22)29/h3-11,16-18,25H,1-2H3,(H,24,29)/t16-,17-,18+,22+/m1/s1. The van der Waals surface area contributed by atoms with Gasteiger partial charge in [0.15, 0.2) is 0 Å².